The number of ether oxygens (including phenoxy) is 2. The van der Waals surface area contributed by atoms with E-state index in [1.165, 1.54) is 16.8 Å². The van der Waals surface area contributed by atoms with Crippen LogP contribution in [-0.2, 0) is 13.9 Å². The number of hydrogen-bond donors (Lipinski definition) is 1. The number of methoxy groups -OCH3 is 1. The second-order valence-corrected chi connectivity index (χ2v) is 13.6. The van der Waals surface area contributed by atoms with Gasteiger partial charge in [-0.25, -0.2) is 4.79 Å². The van der Waals surface area contributed by atoms with E-state index in [0.717, 1.165) is 0 Å². The Kier molecular flexibility index (Phi) is 6.53. The lowest BCUT2D eigenvalue weighted by Crippen LogP contribution is -2.51. The molecule has 0 aliphatic carbocycles. The topological polar surface area (TPSA) is 85.8 Å². The monoisotopic (exact) mass is 399 g/mol. The number of nitrogens with zero attached hydrogens (tertiary/aromatic N) is 2. The van der Waals surface area contributed by atoms with E-state index in [1.54, 1.807) is 7.11 Å². The zero-order valence-corrected chi connectivity index (χ0v) is 18.6. The minimum Gasteiger partial charge on any atom is -0.408 e. The Morgan fingerprint density at radius 3 is 2.37 bits per heavy atom. The molecule has 4 atom stereocenters. The lowest BCUT2D eigenvalue weighted by Gasteiger charge is -2.40. The molecule has 0 aromatic carbocycles. The van der Waals surface area contributed by atoms with Gasteiger partial charge in [-0.2, -0.15) is 0 Å². The van der Waals surface area contributed by atoms with Gasteiger partial charge in [0.25, 0.3) is 5.56 Å². The predicted molar refractivity (Wildman–Crippen MR) is 107 cm³/mol. The molecule has 1 aliphatic heterocycles. The Hall–Kier alpha value is -1.26. The number of aromatic nitrogens is 2. The molecule has 1 N–H and O–H groups in total. The normalized spacial score (nSPS) is 26.7. The summed E-state index contributed by atoms with van der Waals surface area (Å²) in [5.41, 5.74) is -0.965. The van der Waals surface area contributed by atoms with Gasteiger partial charge in [0, 0.05) is 25.9 Å². The molecular formula is C18H33N3O5Si. The first-order valence-electron chi connectivity index (χ1n) is 9.19. The van der Waals surface area contributed by atoms with Crippen LogP contribution in [0.15, 0.2) is 21.9 Å². The van der Waals surface area contributed by atoms with Crippen LogP contribution in [0.1, 0.15) is 27.0 Å². The first kappa shape index (κ1) is 22.0. The average Bonchev–Trinajstić information content (AvgIpc) is 2.82. The van der Waals surface area contributed by atoms with Crippen molar-refractivity contribution in [3.8, 4) is 0 Å². The molecule has 1 aliphatic rings. The van der Waals surface area contributed by atoms with Crippen LogP contribution in [0.25, 0.3) is 0 Å². The van der Waals surface area contributed by atoms with Gasteiger partial charge in [-0.05, 0) is 32.2 Å². The lowest BCUT2D eigenvalue weighted by molar-refractivity contribution is -0.0564. The first-order chi connectivity index (χ1) is 12.4. The number of H-pyrrole nitrogens is 1. The van der Waals surface area contributed by atoms with Crippen LogP contribution < -0.4 is 11.2 Å². The molecule has 27 heavy (non-hydrogen) atoms. The smallest absolute Gasteiger partial charge is 0.330 e. The van der Waals surface area contributed by atoms with E-state index in [-0.39, 0.29) is 17.2 Å². The van der Waals surface area contributed by atoms with Crippen molar-refractivity contribution < 1.29 is 13.9 Å². The summed E-state index contributed by atoms with van der Waals surface area (Å²) >= 11 is 0. The van der Waals surface area contributed by atoms with E-state index in [2.05, 4.69) is 38.8 Å². The summed E-state index contributed by atoms with van der Waals surface area (Å²) in [5, 5.41) is 0.0286. The van der Waals surface area contributed by atoms with Gasteiger partial charge in [-0.15, -0.1) is 0 Å². The highest BCUT2D eigenvalue weighted by Crippen LogP contribution is 2.41. The van der Waals surface area contributed by atoms with E-state index in [4.69, 9.17) is 13.9 Å². The molecule has 9 heteroatoms. The second-order valence-electron chi connectivity index (χ2n) is 8.89. The number of likely N-dealkylation sites (N-methyl/N-ethyl adjacent to an activating group) is 1. The van der Waals surface area contributed by atoms with Crippen molar-refractivity contribution in [1.29, 1.82) is 0 Å². The van der Waals surface area contributed by atoms with Crippen molar-refractivity contribution in [3.05, 3.63) is 33.1 Å². The van der Waals surface area contributed by atoms with Crippen molar-refractivity contribution in [1.82, 2.24) is 14.5 Å². The fourth-order valence-electron chi connectivity index (χ4n) is 2.98. The molecule has 1 fully saturated rings. The van der Waals surface area contributed by atoms with Crippen molar-refractivity contribution >= 4 is 8.32 Å². The van der Waals surface area contributed by atoms with Crippen LogP contribution in [0.4, 0.5) is 0 Å². The first-order valence-corrected chi connectivity index (χ1v) is 12.1. The number of hydrogen-bond acceptors (Lipinski definition) is 6. The van der Waals surface area contributed by atoms with Crippen LogP contribution >= 0.6 is 0 Å². The average molecular weight is 400 g/mol. The van der Waals surface area contributed by atoms with Gasteiger partial charge in [-0.3, -0.25) is 14.3 Å². The second kappa shape index (κ2) is 8.00. The van der Waals surface area contributed by atoms with Crippen molar-refractivity contribution in [2.75, 3.05) is 27.7 Å². The third-order valence-electron chi connectivity index (χ3n) is 5.46. The predicted octanol–water partition coefficient (Wildman–Crippen LogP) is 1.40. The Morgan fingerprint density at radius 1 is 1.26 bits per heavy atom. The fraction of sp³-hybridized carbons (Fsp3) is 0.778. The maximum absolute atomic E-state index is 12.3. The third kappa shape index (κ3) is 4.78. The highest BCUT2D eigenvalue weighted by molar-refractivity contribution is 6.74. The Morgan fingerprint density at radius 2 is 1.89 bits per heavy atom. The molecule has 0 radical (unpaired) electrons. The van der Waals surface area contributed by atoms with Gasteiger partial charge in [0.2, 0.25) is 0 Å². The van der Waals surface area contributed by atoms with E-state index in [0.29, 0.717) is 6.54 Å². The van der Waals surface area contributed by atoms with E-state index < -0.39 is 31.9 Å². The van der Waals surface area contributed by atoms with E-state index >= 15 is 0 Å². The van der Waals surface area contributed by atoms with Gasteiger partial charge in [0.1, 0.15) is 18.3 Å². The van der Waals surface area contributed by atoms with Crippen LogP contribution in [-0.4, -0.2) is 68.8 Å². The minimum atomic E-state index is -2.10. The summed E-state index contributed by atoms with van der Waals surface area (Å²) in [7, 11) is 3.43. The highest BCUT2D eigenvalue weighted by atomic mass is 28.4. The molecule has 1 aromatic heterocycles. The van der Waals surface area contributed by atoms with Crippen molar-refractivity contribution in [3.63, 3.8) is 0 Å². The molecule has 154 valence electrons. The molecule has 0 saturated carbocycles. The van der Waals surface area contributed by atoms with Crippen LogP contribution in [0.5, 0.6) is 0 Å². The SMILES string of the molecule is CO[C@H]1C(O[Si](C)(C)C(C)(C)C)[C@@H](CN(C)C)O[C@H]1n1ccc(=O)[nH]c1=O. The Balaban J connectivity index is 2.42. The van der Waals surface area contributed by atoms with Crippen LogP contribution in [0, 0.1) is 0 Å². The number of aromatic amines is 1. The van der Waals surface area contributed by atoms with Crippen LogP contribution in [0.2, 0.25) is 18.1 Å². The zero-order valence-electron chi connectivity index (χ0n) is 17.6. The molecule has 2 heterocycles. The minimum absolute atomic E-state index is 0.0286. The summed E-state index contributed by atoms with van der Waals surface area (Å²) in [6.07, 6.45) is -0.268. The summed E-state index contributed by atoms with van der Waals surface area (Å²) in [6.45, 7) is 11.6. The zero-order chi connectivity index (χ0) is 20.6. The molecule has 0 amide bonds. The fourth-order valence-corrected chi connectivity index (χ4v) is 4.30. The van der Waals surface area contributed by atoms with Crippen molar-refractivity contribution in [2.24, 2.45) is 0 Å². The van der Waals surface area contributed by atoms with Crippen LogP contribution in [0.3, 0.4) is 0 Å². The molecule has 0 spiro atoms. The van der Waals surface area contributed by atoms with Gasteiger partial charge in [-0.1, -0.05) is 20.8 Å². The van der Waals surface area contributed by atoms with Gasteiger partial charge < -0.3 is 18.8 Å². The highest BCUT2D eigenvalue weighted by Gasteiger charge is 2.51. The third-order valence-corrected chi connectivity index (χ3v) is 9.94. The van der Waals surface area contributed by atoms with Crippen molar-refractivity contribution in [2.45, 2.75) is 63.4 Å². The maximum Gasteiger partial charge on any atom is 0.330 e. The molecule has 0 bridgehead atoms. The molecular weight excluding hydrogens is 366 g/mol. The standard InChI is InChI=1S/C18H33N3O5Si/c1-18(2,3)27(7,8)26-14-12(11-20(4)5)25-16(15(14)24-6)21-10-9-13(22)19-17(21)23/h9-10,12,14-16H,11H2,1-8H3,(H,19,22,23)/t12-,14?,15+,16-/m1/s1. The van der Waals surface area contributed by atoms with Gasteiger partial charge in [0.15, 0.2) is 14.5 Å². The molecule has 1 aromatic rings. The summed E-state index contributed by atoms with van der Waals surface area (Å²) < 4.78 is 20.0. The molecule has 2 rings (SSSR count). The van der Waals surface area contributed by atoms with E-state index in [9.17, 15) is 9.59 Å². The Bertz CT molecular complexity index is 752. The quantitative estimate of drug-likeness (QED) is 0.728. The van der Waals surface area contributed by atoms with Gasteiger partial charge in [0.05, 0.1) is 0 Å². The Labute approximate surface area is 161 Å². The lowest BCUT2D eigenvalue weighted by atomic mass is 10.1. The molecule has 1 saturated heterocycles. The van der Waals surface area contributed by atoms with E-state index in [1.807, 2.05) is 19.0 Å². The summed E-state index contributed by atoms with van der Waals surface area (Å²) in [4.78, 5) is 28.0. The number of rotatable bonds is 6. The molecule has 8 nitrogen and oxygen atoms in total. The van der Waals surface area contributed by atoms with Gasteiger partial charge >= 0.3 is 5.69 Å². The summed E-state index contributed by atoms with van der Waals surface area (Å²) in [6, 6.07) is 1.31. The summed E-state index contributed by atoms with van der Waals surface area (Å²) in [5.74, 6) is 0. The molecule has 1 unspecified atom stereocenters. The largest absolute Gasteiger partial charge is 0.408 e. The maximum atomic E-state index is 12.3. The number of nitrogens with one attached hydrogen (secondary N) is 1.